The molecule has 0 spiro atoms. The normalized spacial score (nSPS) is 11.0. The molecule has 0 saturated carbocycles. The van der Waals surface area contributed by atoms with Crippen molar-refractivity contribution in [2.24, 2.45) is 5.73 Å². The minimum atomic E-state index is -1.45. The summed E-state index contributed by atoms with van der Waals surface area (Å²) in [5.41, 5.74) is 10.4. The highest BCUT2D eigenvalue weighted by atomic mass is 35.5. The molecule has 1 atom stereocenters. The van der Waals surface area contributed by atoms with Gasteiger partial charge in [-0.15, -0.1) is 0 Å². The maximum Gasteiger partial charge on any atom is 0.362 e. The lowest BCUT2D eigenvalue weighted by atomic mass is 10.1. The number of para-hydroxylation sites is 2. The van der Waals surface area contributed by atoms with E-state index in [-0.39, 0.29) is 6.42 Å². The second-order valence-electron chi connectivity index (χ2n) is 6.91. The van der Waals surface area contributed by atoms with Gasteiger partial charge in [0.15, 0.2) is 6.04 Å². The van der Waals surface area contributed by atoms with E-state index in [1.807, 2.05) is 0 Å². The maximum absolute atomic E-state index is 11.7. The number of rotatable bonds is 11. The average Bonchev–Trinajstić information content (AvgIpc) is 2.76. The number of unbranched alkanes of at least 4 members (excludes halogenated alkanes) is 1. The van der Waals surface area contributed by atoms with Crippen LogP contribution in [0, 0.1) is 0 Å². The van der Waals surface area contributed by atoms with Crippen LogP contribution in [-0.2, 0) is 25.5 Å². The number of esters is 1. The third kappa shape index (κ3) is 11.0. The van der Waals surface area contributed by atoms with Crippen molar-refractivity contribution in [1.29, 1.82) is 0 Å². The quantitative estimate of drug-likeness (QED) is 0.265. The molecule has 0 aromatic heterocycles. The molecule has 180 valence electrons. The Morgan fingerprint density at radius 1 is 1.09 bits per heavy atom. The Labute approximate surface area is 201 Å². The molecule has 11 heteroatoms. The van der Waals surface area contributed by atoms with E-state index in [0.717, 1.165) is 12.8 Å². The monoisotopic (exact) mass is 499 g/mol. The van der Waals surface area contributed by atoms with Crippen molar-refractivity contribution in [3.05, 3.63) is 58.1 Å². The standard InChI is InChI=1S/C16H13Cl2NO4.C6H14N2O2/c17-11-5-3-6-12(18)16(11)19-13-7-2-1-4-10(13)8-15(22)23-9-14(20)21;7-4-2-1-3-5(8)6(9)10/h1-7,19H,8-9H2,(H,20,21);5H,1-4,7-8H2,(H,9,10)/t;5-/m.0/s1. The number of hydrogen-bond acceptors (Lipinski definition) is 7. The highest BCUT2D eigenvalue weighted by Crippen LogP contribution is 2.33. The highest BCUT2D eigenvalue weighted by Gasteiger charge is 2.14. The predicted octanol–water partition coefficient (Wildman–Crippen LogP) is 1.38. The smallest absolute Gasteiger partial charge is 0.362 e. The summed E-state index contributed by atoms with van der Waals surface area (Å²) < 4.78 is 4.58. The number of benzene rings is 2. The second-order valence-corrected chi connectivity index (χ2v) is 7.72. The number of ether oxygens (including phenoxy) is 1. The molecule has 2 rings (SSSR count). The summed E-state index contributed by atoms with van der Waals surface area (Å²) in [6.45, 7) is -0.142. The third-order valence-electron chi connectivity index (χ3n) is 4.28. The molecule has 9 nitrogen and oxygen atoms in total. The fourth-order valence-corrected chi connectivity index (χ4v) is 3.04. The third-order valence-corrected chi connectivity index (χ3v) is 4.91. The molecule has 2 aromatic carbocycles. The Kier molecular flexibility index (Phi) is 12.9. The number of anilines is 2. The lowest BCUT2D eigenvalue weighted by Gasteiger charge is -2.14. The number of carbonyl (C=O) groups excluding carboxylic acids is 2. The van der Waals surface area contributed by atoms with Gasteiger partial charge in [-0.2, -0.15) is 0 Å². The van der Waals surface area contributed by atoms with Crippen molar-refractivity contribution in [3.8, 4) is 0 Å². The van der Waals surface area contributed by atoms with Gasteiger partial charge in [-0.05, 0) is 43.1 Å². The lowest BCUT2D eigenvalue weighted by molar-refractivity contribution is -0.409. The van der Waals surface area contributed by atoms with Crippen molar-refractivity contribution in [2.45, 2.75) is 31.7 Å². The molecule has 0 radical (unpaired) electrons. The van der Waals surface area contributed by atoms with Gasteiger partial charge < -0.3 is 36.5 Å². The van der Waals surface area contributed by atoms with Crippen LogP contribution in [0.4, 0.5) is 11.4 Å². The average molecular weight is 500 g/mol. The van der Waals surface area contributed by atoms with Crippen LogP contribution in [0.25, 0.3) is 0 Å². The Hall–Kier alpha value is -2.85. The van der Waals surface area contributed by atoms with Gasteiger partial charge in [0.1, 0.15) is 6.61 Å². The number of carbonyl (C=O) groups is 3. The van der Waals surface area contributed by atoms with Crippen molar-refractivity contribution >= 4 is 52.5 Å². The number of aliphatic carboxylic acids is 2. The Morgan fingerprint density at radius 2 is 1.73 bits per heavy atom. The summed E-state index contributed by atoms with van der Waals surface area (Å²) in [5, 5.41) is 22.6. The van der Waals surface area contributed by atoms with Gasteiger partial charge in [0, 0.05) is 12.1 Å². The first-order valence-electron chi connectivity index (χ1n) is 10.1. The molecule has 0 bridgehead atoms. The van der Waals surface area contributed by atoms with E-state index in [1.165, 1.54) is 0 Å². The second kappa shape index (κ2) is 15.1. The zero-order valence-corrected chi connectivity index (χ0v) is 19.4. The molecule has 2 aromatic rings. The first-order valence-corrected chi connectivity index (χ1v) is 10.8. The SMILES string of the molecule is NCCCC[C@H]([NH3+])C(=O)O.O=C([O-])COC(=O)Cc1ccccc1Nc1c(Cl)cccc1Cl. The molecule has 0 amide bonds. The van der Waals surface area contributed by atoms with Gasteiger partial charge in [0.25, 0.3) is 0 Å². The summed E-state index contributed by atoms with van der Waals surface area (Å²) in [6, 6.07) is 11.6. The molecular formula is C22H27Cl2N3O6. The van der Waals surface area contributed by atoms with E-state index >= 15 is 0 Å². The molecule has 0 aliphatic rings. The fourth-order valence-electron chi connectivity index (χ4n) is 2.55. The number of quaternary nitrogens is 1. The van der Waals surface area contributed by atoms with E-state index < -0.39 is 30.6 Å². The largest absolute Gasteiger partial charge is 0.546 e. The van der Waals surface area contributed by atoms with Crippen molar-refractivity contribution in [1.82, 2.24) is 0 Å². The lowest BCUT2D eigenvalue weighted by Crippen LogP contribution is -2.64. The van der Waals surface area contributed by atoms with Gasteiger partial charge in [-0.1, -0.05) is 47.5 Å². The van der Waals surface area contributed by atoms with E-state index in [2.05, 4.69) is 15.8 Å². The summed E-state index contributed by atoms with van der Waals surface area (Å²) >= 11 is 12.2. The van der Waals surface area contributed by atoms with Crippen LogP contribution in [0.15, 0.2) is 42.5 Å². The van der Waals surface area contributed by atoms with Crippen LogP contribution < -0.4 is 21.9 Å². The van der Waals surface area contributed by atoms with Crippen LogP contribution in [-0.4, -0.2) is 42.2 Å². The van der Waals surface area contributed by atoms with E-state index in [1.54, 1.807) is 42.5 Å². The molecule has 0 unspecified atom stereocenters. The maximum atomic E-state index is 11.7. The molecule has 0 fully saturated rings. The minimum absolute atomic E-state index is 0.0987. The summed E-state index contributed by atoms with van der Waals surface area (Å²) in [5.74, 6) is -2.95. The van der Waals surface area contributed by atoms with Crippen LogP contribution in [0.1, 0.15) is 24.8 Å². The van der Waals surface area contributed by atoms with E-state index in [0.29, 0.717) is 39.9 Å². The van der Waals surface area contributed by atoms with Crippen molar-refractivity contribution in [2.75, 3.05) is 18.5 Å². The van der Waals surface area contributed by atoms with Crippen molar-refractivity contribution < 1.29 is 35.1 Å². The molecule has 0 aliphatic heterocycles. The topological polar surface area (TPSA) is 169 Å². The van der Waals surface area contributed by atoms with Gasteiger partial charge in [-0.3, -0.25) is 4.79 Å². The number of nitrogens with one attached hydrogen (secondary N) is 1. The van der Waals surface area contributed by atoms with Crippen LogP contribution in [0.2, 0.25) is 10.0 Å². The fraction of sp³-hybridized carbons (Fsp3) is 0.318. The van der Waals surface area contributed by atoms with Gasteiger partial charge in [-0.25, -0.2) is 4.79 Å². The Morgan fingerprint density at radius 3 is 2.30 bits per heavy atom. The molecule has 33 heavy (non-hydrogen) atoms. The van der Waals surface area contributed by atoms with Crippen LogP contribution in [0.5, 0.6) is 0 Å². The number of carboxylic acids is 2. The Balaban J connectivity index is 0.000000461. The minimum Gasteiger partial charge on any atom is -0.546 e. The van der Waals surface area contributed by atoms with Crippen LogP contribution in [0.3, 0.4) is 0 Å². The summed E-state index contributed by atoms with van der Waals surface area (Å²) in [4.78, 5) is 32.2. The number of hydrogen-bond donors (Lipinski definition) is 4. The highest BCUT2D eigenvalue weighted by molar-refractivity contribution is 6.39. The first kappa shape index (κ1) is 28.2. The summed E-state index contributed by atoms with van der Waals surface area (Å²) in [7, 11) is 0. The molecule has 0 saturated heterocycles. The number of halogens is 2. The number of carboxylic acid groups (broad SMARTS) is 2. The molecule has 7 N–H and O–H groups in total. The van der Waals surface area contributed by atoms with Gasteiger partial charge in [0.2, 0.25) is 0 Å². The summed E-state index contributed by atoms with van der Waals surface area (Å²) in [6.07, 6.45) is 2.28. The van der Waals surface area contributed by atoms with E-state index in [4.69, 9.17) is 34.0 Å². The van der Waals surface area contributed by atoms with Gasteiger partial charge >= 0.3 is 11.9 Å². The predicted molar refractivity (Wildman–Crippen MR) is 123 cm³/mol. The molecule has 0 aliphatic carbocycles. The van der Waals surface area contributed by atoms with Crippen molar-refractivity contribution in [3.63, 3.8) is 0 Å². The zero-order chi connectivity index (χ0) is 24.8. The molecular weight excluding hydrogens is 473 g/mol. The molecule has 0 heterocycles. The first-order chi connectivity index (χ1) is 15.6. The van der Waals surface area contributed by atoms with Gasteiger partial charge in [0.05, 0.1) is 28.1 Å². The van der Waals surface area contributed by atoms with Crippen LogP contribution >= 0.6 is 23.2 Å². The van der Waals surface area contributed by atoms with E-state index in [9.17, 15) is 19.5 Å². The number of nitrogens with two attached hydrogens (primary N) is 1. The zero-order valence-electron chi connectivity index (χ0n) is 17.9. The Bertz CT molecular complexity index is 922.